The zero-order chi connectivity index (χ0) is 11.8. The van der Waals surface area contributed by atoms with Crippen molar-refractivity contribution in [1.82, 2.24) is 4.90 Å². The SMILES string of the molecule is CCC(C1CC1)N1CCC(CC)(C(=O)O)C1. The molecule has 1 aliphatic heterocycles. The van der Waals surface area contributed by atoms with E-state index in [0.29, 0.717) is 6.04 Å². The van der Waals surface area contributed by atoms with E-state index in [4.69, 9.17) is 0 Å². The molecule has 0 radical (unpaired) electrons. The third-order valence-corrected chi connectivity index (χ3v) is 4.57. The number of carboxylic acids is 1. The Hall–Kier alpha value is -0.570. The monoisotopic (exact) mass is 225 g/mol. The largest absolute Gasteiger partial charge is 0.481 e. The summed E-state index contributed by atoms with van der Waals surface area (Å²) in [5.74, 6) is 0.259. The molecule has 1 N–H and O–H groups in total. The lowest BCUT2D eigenvalue weighted by Crippen LogP contribution is -2.39. The summed E-state index contributed by atoms with van der Waals surface area (Å²) < 4.78 is 0. The van der Waals surface area contributed by atoms with Crippen LogP contribution >= 0.6 is 0 Å². The van der Waals surface area contributed by atoms with Crippen molar-refractivity contribution in [2.75, 3.05) is 13.1 Å². The van der Waals surface area contributed by atoms with E-state index in [-0.39, 0.29) is 0 Å². The van der Waals surface area contributed by atoms with Gasteiger partial charge in [0.1, 0.15) is 0 Å². The van der Waals surface area contributed by atoms with Crippen molar-refractivity contribution in [2.24, 2.45) is 11.3 Å². The zero-order valence-electron chi connectivity index (χ0n) is 10.4. The van der Waals surface area contributed by atoms with Gasteiger partial charge in [-0.1, -0.05) is 13.8 Å². The summed E-state index contributed by atoms with van der Waals surface area (Å²) in [5, 5.41) is 9.36. The number of nitrogens with zero attached hydrogens (tertiary/aromatic N) is 1. The van der Waals surface area contributed by atoms with Crippen LogP contribution in [-0.2, 0) is 4.79 Å². The highest BCUT2D eigenvalue weighted by Gasteiger charge is 2.46. The summed E-state index contributed by atoms with van der Waals surface area (Å²) in [6.45, 7) is 5.99. The summed E-state index contributed by atoms with van der Waals surface area (Å²) >= 11 is 0. The highest BCUT2D eigenvalue weighted by atomic mass is 16.4. The fourth-order valence-electron chi connectivity index (χ4n) is 3.17. The van der Waals surface area contributed by atoms with Crippen molar-refractivity contribution in [3.05, 3.63) is 0 Å². The number of aliphatic carboxylic acids is 1. The normalized spacial score (nSPS) is 32.9. The fraction of sp³-hybridized carbons (Fsp3) is 0.923. The second kappa shape index (κ2) is 4.36. The maximum absolute atomic E-state index is 11.4. The molecule has 2 fully saturated rings. The molecule has 2 unspecified atom stereocenters. The minimum atomic E-state index is -0.594. The van der Waals surface area contributed by atoms with Crippen LogP contribution in [0.15, 0.2) is 0 Å². The molecule has 16 heavy (non-hydrogen) atoms. The Bertz CT molecular complexity index is 275. The van der Waals surface area contributed by atoms with Crippen molar-refractivity contribution in [1.29, 1.82) is 0 Å². The van der Waals surface area contributed by atoms with Crippen molar-refractivity contribution >= 4 is 5.97 Å². The van der Waals surface area contributed by atoms with Crippen LogP contribution in [0.25, 0.3) is 0 Å². The molecule has 1 heterocycles. The lowest BCUT2D eigenvalue weighted by molar-refractivity contribution is -0.148. The molecular weight excluding hydrogens is 202 g/mol. The molecule has 92 valence electrons. The van der Waals surface area contributed by atoms with Gasteiger partial charge in [0.25, 0.3) is 0 Å². The third kappa shape index (κ3) is 1.97. The first kappa shape index (κ1) is 11.9. The third-order valence-electron chi connectivity index (χ3n) is 4.57. The fourth-order valence-corrected chi connectivity index (χ4v) is 3.17. The van der Waals surface area contributed by atoms with E-state index in [1.807, 2.05) is 6.92 Å². The Labute approximate surface area is 97.8 Å². The Morgan fingerprint density at radius 3 is 2.56 bits per heavy atom. The van der Waals surface area contributed by atoms with E-state index >= 15 is 0 Å². The number of carboxylic acid groups (broad SMARTS) is 1. The molecule has 1 aliphatic carbocycles. The van der Waals surface area contributed by atoms with Crippen molar-refractivity contribution in [2.45, 2.75) is 52.0 Å². The molecule has 0 bridgehead atoms. The molecule has 2 rings (SSSR count). The Kier molecular flexibility index (Phi) is 3.24. The smallest absolute Gasteiger partial charge is 0.310 e. The maximum Gasteiger partial charge on any atom is 0.310 e. The quantitative estimate of drug-likeness (QED) is 0.781. The number of likely N-dealkylation sites (tertiary alicyclic amines) is 1. The standard InChI is InChI=1S/C13H23NO2/c1-3-11(10-5-6-10)14-8-7-13(4-2,9-14)12(15)16/h10-11H,3-9H2,1-2H3,(H,15,16). The van der Waals surface area contributed by atoms with E-state index < -0.39 is 11.4 Å². The van der Waals surface area contributed by atoms with Crippen LogP contribution in [0.2, 0.25) is 0 Å². The highest BCUT2D eigenvalue weighted by molar-refractivity contribution is 5.75. The first-order valence-electron chi connectivity index (χ1n) is 6.60. The zero-order valence-corrected chi connectivity index (χ0v) is 10.4. The second-order valence-electron chi connectivity index (χ2n) is 5.47. The summed E-state index contributed by atoms with van der Waals surface area (Å²) in [7, 11) is 0. The Morgan fingerprint density at radius 2 is 2.19 bits per heavy atom. The Balaban J connectivity index is 2.02. The van der Waals surface area contributed by atoms with Crippen LogP contribution in [0.1, 0.15) is 46.0 Å². The number of carbonyl (C=O) groups is 1. The van der Waals surface area contributed by atoms with Gasteiger partial charge in [0, 0.05) is 12.6 Å². The van der Waals surface area contributed by atoms with Gasteiger partial charge in [-0.2, -0.15) is 0 Å². The van der Waals surface area contributed by atoms with Gasteiger partial charge in [-0.05, 0) is 44.6 Å². The molecule has 3 heteroatoms. The van der Waals surface area contributed by atoms with Gasteiger partial charge in [0.15, 0.2) is 0 Å². The minimum Gasteiger partial charge on any atom is -0.481 e. The van der Waals surface area contributed by atoms with Gasteiger partial charge in [0.2, 0.25) is 0 Å². The number of rotatable bonds is 5. The molecule has 0 spiro atoms. The van der Waals surface area contributed by atoms with Crippen LogP contribution in [0.5, 0.6) is 0 Å². The van der Waals surface area contributed by atoms with Crippen molar-refractivity contribution in [3.63, 3.8) is 0 Å². The van der Waals surface area contributed by atoms with Crippen LogP contribution in [0, 0.1) is 11.3 Å². The summed E-state index contributed by atoms with van der Waals surface area (Å²) in [6, 6.07) is 0.646. The predicted octanol–water partition coefficient (Wildman–Crippen LogP) is 2.36. The van der Waals surface area contributed by atoms with E-state index in [0.717, 1.165) is 31.8 Å². The van der Waals surface area contributed by atoms with Crippen LogP contribution in [0.4, 0.5) is 0 Å². The summed E-state index contributed by atoms with van der Waals surface area (Å²) in [6.07, 6.45) is 5.47. The summed E-state index contributed by atoms with van der Waals surface area (Å²) in [5.41, 5.74) is -0.456. The molecular formula is C13H23NO2. The van der Waals surface area contributed by atoms with Gasteiger partial charge in [-0.25, -0.2) is 0 Å². The number of hydrogen-bond donors (Lipinski definition) is 1. The van der Waals surface area contributed by atoms with E-state index in [1.165, 1.54) is 19.3 Å². The van der Waals surface area contributed by atoms with E-state index in [2.05, 4.69) is 11.8 Å². The number of hydrogen-bond acceptors (Lipinski definition) is 2. The first-order chi connectivity index (χ1) is 7.63. The van der Waals surface area contributed by atoms with Gasteiger partial charge in [0.05, 0.1) is 5.41 Å². The average Bonchev–Trinajstić information content (AvgIpc) is 2.99. The summed E-state index contributed by atoms with van der Waals surface area (Å²) in [4.78, 5) is 13.8. The van der Waals surface area contributed by atoms with Gasteiger partial charge in [-0.3, -0.25) is 9.69 Å². The van der Waals surface area contributed by atoms with E-state index in [9.17, 15) is 9.90 Å². The van der Waals surface area contributed by atoms with Gasteiger partial charge >= 0.3 is 5.97 Å². The lowest BCUT2D eigenvalue weighted by atomic mass is 9.84. The van der Waals surface area contributed by atoms with Crippen LogP contribution in [-0.4, -0.2) is 35.1 Å². The molecule has 2 aliphatic rings. The van der Waals surface area contributed by atoms with Gasteiger partial charge < -0.3 is 5.11 Å². The lowest BCUT2D eigenvalue weighted by Gasteiger charge is -2.29. The topological polar surface area (TPSA) is 40.5 Å². The Morgan fingerprint density at radius 1 is 1.50 bits per heavy atom. The van der Waals surface area contributed by atoms with Crippen LogP contribution < -0.4 is 0 Å². The van der Waals surface area contributed by atoms with Crippen molar-refractivity contribution in [3.8, 4) is 0 Å². The molecule has 3 nitrogen and oxygen atoms in total. The predicted molar refractivity (Wildman–Crippen MR) is 63.4 cm³/mol. The molecule has 1 saturated heterocycles. The molecule has 0 aromatic heterocycles. The average molecular weight is 225 g/mol. The molecule has 0 aromatic rings. The van der Waals surface area contributed by atoms with Crippen LogP contribution in [0.3, 0.4) is 0 Å². The highest BCUT2D eigenvalue weighted by Crippen LogP contribution is 2.42. The van der Waals surface area contributed by atoms with Gasteiger partial charge in [-0.15, -0.1) is 0 Å². The minimum absolute atomic E-state index is 0.456. The first-order valence-corrected chi connectivity index (χ1v) is 6.60. The molecule has 1 saturated carbocycles. The molecule has 0 aromatic carbocycles. The molecule has 0 amide bonds. The van der Waals surface area contributed by atoms with E-state index in [1.54, 1.807) is 0 Å². The maximum atomic E-state index is 11.4. The molecule has 2 atom stereocenters. The van der Waals surface area contributed by atoms with Crippen molar-refractivity contribution < 1.29 is 9.90 Å². The second-order valence-corrected chi connectivity index (χ2v) is 5.47.